The minimum absolute atomic E-state index is 0.178. The molecule has 0 radical (unpaired) electrons. The second-order valence-corrected chi connectivity index (χ2v) is 6.59. The molecule has 2 aromatic rings. The van der Waals surface area contributed by atoms with E-state index in [0.29, 0.717) is 17.8 Å². The lowest BCUT2D eigenvalue weighted by Crippen LogP contribution is -2.40. The normalized spacial score (nSPS) is 13.1. The van der Waals surface area contributed by atoms with E-state index in [1.165, 1.54) is 17.3 Å². The Morgan fingerprint density at radius 2 is 2.04 bits per heavy atom. The fraction of sp³-hybridized carbons (Fsp3) is 0.375. The molecule has 1 aromatic heterocycles. The molecule has 0 saturated carbocycles. The number of imidazole rings is 1. The number of aromatic nitrogens is 2. The van der Waals surface area contributed by atoms with Crippen LogP contribution in [0.4, 0.5) is 8.78 Å². The molecule has 2 N–H and O–H groups in total. The van der Waals surface area contributed by atoms with Gasteiger partial charge >= 0.3 is 6.55 Å². The number of halogens is 2. The van der Waals surface area contributed by atoms with Gasteiger partial charge in [-0.25, -0.2) is 4.98 Å². The van der Waals surface area contributed by atoms with E-state index in [-0.39, 0.29) is 12.4 Å². The highest BCUT2D eigenvalue weighted by Gasteiger charge is 2.12. The molecule has 8 heteroatoms. The standard InChI is InChI=1S/C16H21F2N5S/c1-12(24-13-6-4-3-5-7-13)10-21-16(19-2)22-11-14-20-8-9-23(14)15(17)18/h3-9,12,15H,10-11H2,1-2H3,(H2,19,21,22). The second kappa shape index (κ2) is 9.27. The highest BCUT2D eigenvalue weighted by molar-refractivity contribution is 8.00. The molecule has 1 unspecified atom stereocenters. The third-order valence-electron chi connectivity index (χ3n) is 3.23. The first kappa shape index (κ1) is 18.3. The average molecular weight is 353 g/mol. The molecular weight excluding hydrogens is 332 g/mol. The van der Waals surface area contributed by atoms with E-state index in [0.717, 1.165) is 4.57 Å². The summed E-state index contributed by atoms with van der Waals surface area (Å²) in [5, 5.41) is 6.52. The van der Waals surface area contributed by atoms with Crippen molar-refractivity contribution in [3.63, 3.8) is 0 Å². The van der Waals surface area contributed by atoms with E-state index in [9.17, 15) is 8.78 Å². The van der Waals surface area contributed by atoms with E-state index < -0.39 is 6.55 Å². The fourth-order valence-corrected chi connectivity index (χ4v) is 3.00. The van der Waals surface area contributed by atoms with Crippen LogP contribution in [0.3, 0.4) is 0 Å². The molecule has 24 heavy (non-hydrogen) atoms. The van der Waals surface area contributed by atoms with Crippen LogP contribution >= 0.6 is 11.8 Å². The van der Waals surface area contributed by atoms with Crippen molar-refractivity contribution in [3.05, 3.63) is 48.5 Å². The summed E-state index contributed by atoms with van der Waals surface area (Å²) < 4.78 is 26.4. The zero-order chi connectivity index (χ0) is 17.4. The fourth-order valence-electron chi connectivity index (χ4n) is 2.06. The molecule has 0 aliphatic heterocycles. The van der Waals surface area contributed by atoms with Crippen molar-refractivity contribution in [1.82, 2.24) is 20.2 Å². The lowest BCUT2D eigenvalue weighted by Gasteiger charge is -2.16. The third-order valence-corrected chi connectivity index (χ3v) is 4.35. The Morgan fingerprint density at radius 1 is 1.29 bits per heavy atom. The van der Waals surface area contributed by atoms with Gasteiger partial charge in [0, 0.05) is 36.1 Å². The number of hydrogen-bond donors (Lipinski definition) is 2. The van der Waals surface area contributed by atoms with Crippen molar-refractivity contribution >= 4 is 17.7 Å². The molecule has 0 bridgehead atoms. The van der Waals surface area contributed by atoms with Gasteiger partial charge in [-0.2, -0.15) is 8.78 Å². The van der Waals surface area contributed by atoms with Gasteiger partial charge in [0.1, 0.15) is 5.82 Å². The van der Waals surface area contributed by atoms with Gasteiger partial charge in [-0.15, -0.1) is 11.8 Å². The van der Waals surface area contributed by atoms with Gasteiger partial charge in [0.05, 0.1) is 6.54 Å². The van der Waals surface area contributed by atoms with E-state index in [4.69, 9.17) is 0 Å². The number of guanidine groups is 1. The van der Waals surface area contributed by atoms with Gasteiger partial charge in [-0.05, 0) is 12.1 Å². The summed E-state index contributed by atoms with van der Waals surface area (Å²) in [6.07, 6.45) is 2.62. The third kappa shape index (κ3) is 5.52. The first-order valence-corrected chi connectivity index (χ1v) is 8.44. The molecule has 0 amide bonds. The Hall–Kier alpha value is -2.09. The topological polar surface area (TPSA) is 54.2 Å². The number of aliphatic imine (C=N–C) groups is 1. The SMILES string of the molecule is CN=C(NCc1nccn1C(F)F)NCC(C)Sc1ccccc1. The molecule has 130 valence electrons. The molecule has 0 aliphatic carbocycles. The van der Waals surface area contributed by atoms with Crippen molar-refractivity contribution in [3.8, 4) is 0 Å². The van der Waals surface area contributed by atoms with Gasteiger partial charge in [0.25, 0.3) is 0 Å². The van der Waals surface area contributed by atoms with Crippen molar-refractivity contribution in [2.75, 3.05) is 13.6 Å². The van der Waals surface area contributed by atoms with E-state index in [1.54, 1.807) is 18.8 Å². The van der Waals surface area contributed by atoms with Crippen molar-refractivity contribution < 1.29 is 8.78 Å². The first-order valence-electron chi connectivity index (χ1n) is 7.56. The van der Waals surface area contributed by atoms with Crippen LogP contribution in [0.25, 0.3) is 0 Å². The van der Waals surface area contributed by atoms with Crippen LogP contribution in [0.2, 0.25) is 0 Å². The smallest absolute Gasteiger partial charge is 0.319 e. The lowest BCUT2D eigenvalue weighted by molar-refractivity contribution is 0.0668. The summed E-state index contributed by atoms with van der Waals surface area (Å²) in [6, 6.07) is 10.1. The predicted molar refractivity (Wildman–Crippen MR) is 93.4 cm³/mol. The Balaban J connectivity index is 1.79. The molecule has 0 saturated heterocycles. The Kier molecular flexibility index (Phi) is 7.05. The zero-order valence-electron chi connectivity index (χ0n) is 13.6. The van der Waals surface area contributed by atoms with Crippen LogP contribution in [0.15, 0.2) is 52.6 Å². The quantitative estimate of drug-likeness (QED) is 0.456. The first-order chi connectivity index (χ1) is 11.6. The maximum atomic E-state index is 12.8. The van der Waals surface area contributed by atoms with E-state index in [2.05, 4.69) is 39.7 Å². The number of benzene rings is 1. The summed E-state index contributed by atoms with van der Waals surface area (Å²) >= 11 is 1.76. The van der Waals surface area contributed by atoms with Crippen molar-refractivity contribution in [2.45, 2.75) is 30.2 Å². The largest absolute Gasteiger partial charge is 0.355 e. The number of hydrogen-bond acceptors (Lipinski definition) is 3. The van der Waals surface area contributed by atoms with Crippen molar-refractivity contribution in [2.24, 2.45) is 4.99 Å². The summed E-state index contributed by atoms with van der Waals surface area (Å²) in [6.45, 7) is 0.392. The van der Waals surface area contributed by atoms with Gasteiger partial charge in [0.2, 0.25) is 0 Å². The number of nitrogens with one attached hydrogen (secondary N) is 2. The van der Waals surface area contributed by atoms with Crippen LogP contribution in [0.1, 0.15) is 19.3 Å². The molecule has 5 nitrogen and oxygen atoms in total. The minimum Gasteiger partial charge on any atom is -0.355 e. The van der Waals surface area contributed by atoms with Gasteiger partial charge in [-0.1, -0.05) is 25.1 Å². The number of alkyl halides is 2. The van der Waals surface area contributed by atoms with Crippen LogP contribution in [-0.4, -0.2) is 34.4 Å². The number of nitrogens with zero attached hydrogens (tertiary/aromatic N) is 3. The van der Waals surface area contributed by atoms with E-state index in [1.807, 2.05) is 18.2 Å². The van der Waals surface area contributed by atoms with E-state index >= 15 is 0 Å². The molecular formula is C16H21F2N5S. The van der Waals surface area contributed by atoms with Crippen LogP contribution in [-0.2, 0) is 6.54 Å². The molecule has 0 aliphatic rings. The molecule has 1 atom stereocenters. The highest BCUT2D eigenvalue weighted by atomic mass is 32.2. The Morgan fingerprint density at radius 3 is 2.71 bits per heavy atom. The number of thioether (sulfide) groups is 1. The number of rotatable bonds is 7. The van der Waals surface area contributed by atoms with Crippen LogP contribution in [0, 0.1) is 0 Å². The monoisotopic (exact) mass is 353 g/mol. The van der Waals surface area contributed by atoms with Gasteiger partial charge < -0.3 is 10.6 Å². The van der Waals surface area contributed by atoms with Crippen LogP contribution < -0.4 is 10.6 Å². The zero-order valence-corrected chi connectivity index (χ0v) is 14.4. The second-order valence-electron chi connectivity index (χ2n) is 5.08. The van der Waals surface area contributed by atoms with Gasteiger partial charge in [-0.3, -0.25) is 9.56 Å². The molecule has 0 spiro atoms. The Bertz CT molecular complexity index is 645. The molecule has 1 aromatic carbocycles. The van der Waals surface area contributed by atoms with Crippen LogP contribution in [0.5, 0.6) is 0 Å². The minimum atomic E-state index is -2.60. The lowest BCUT2D eigenvalue weighted by atomic mass is 10.4. The molecule has 2 rings (SSSR count). The predicted octanol–water partition coefficient (Wildman–Crippen LogP) is 3.12. The average Bonchev–Trinajstić information content (AvgIpc) is 3.05. The van der Waals surface area contributed by atoms with Crippen molar-refractivity contribution in [1.29, 1.82) is 0 Å². The molecule has 1 heterocycles. The highest BCUT2D eigenvalue weighted by Crippen LogP contribution is 2.21. The Labute approximate surface area is 144 Å². The molecule has 0 fully saturated rings. The summed E-state index contributed by atoms with van der Waals surface area (Å²) in [5.41, 5.74) is 0. The summed E-state index contributed by atoms with van der Waals surface area (Å²) in [4.78, 5) is 9.23. The van der Waals surface area contributed by atoms with Gasteiger partial charge in [0.15, 0.2) is 5.96 Å². The maximum Gasteiger partial charge on any atom is 0.319 e. The summed E-state index contributed by atoms with van der Waals surface area (Å²) in [7, 11) is 1.64. The maximum absolute atomic E-state index is 12.8. The summed E-state index contributed by atoms with van der Waals surface area (Å²) in [5.74, 6) is 0.819.